The first kappa shape index (κ1) is 24.9. The molecule has 0 saturated carbocycles. The van der Waals surface area contributed by atoms with Gasteiger partial charge in [-0.1, -0.05) is 23.2 Å². The average Bonchev–Trinajstić information content (AvgIpc) is 2.85. The fourth-order valence-electron chi connectivity index (χ4n) is 4.99. The lowest BCUT2D eigenvalue weighted by Gasteiger charge is -2.43. The number of piperidine rings is 2. The molecule has 2 aliphatic heterocycles. The van der Waals surface area contributed by atoms with Crippen molar-refractivity contribution in [1.82, 2.24) is 9.80 Å². The van der Waals surface area contributed by atoms with Crippen LogP contribution in [0.5, 0.6) is 5.75 Å². The second kappa shape index (κ2) is 11.0. The molecule has 34 heavy (non-hydrogen) atoms. The van der Waals surface area contributed by atoms with E-state index in [1.54, 1.807) is 24.3 Å². The van der Waals surface area contributed by atoms with Crippen molar-refractivity contribution in [1.29, 1.82) is 0 Å². The molecule has 0 unspecified atom stereocenters. The summed E-state index contributed by atoms with van der Waals surface area (Å²) in [5.41, 5.74) is 1.11. The molecule has 7 heteroatoms. The van der Waals surface area contributed by atoms with Crippen molar-refractivity contribution in [3.05, 3.63) is 63.6 Å². The van der Waals surface area contributed by atoms with Crippen LogP contribution in [0.4, 0.5) is 0 Å². The Morgan fingerprint density at radius 3 is 2.35 bits per heavy atom. The first-order valence-electron chi connectivity index (χ1n) is 12.1. The quantitative estimate of drug-likeness (QED) is 0.486. The predicted molar refractivity (Wildman–Crippen MR) is 136 cm³/mol. The van der Waals surface area contributed by atoms with Gasteiger partial charge in [-0.15, -0.1) is 0 Å². The average molecular weight is 503 g/mol. The minimum absolute atomic E-state index is 0.0338. The van der Waals surface area contributed by atoms with Gasteiger partial charge >= 0.3 is 0 Å². The number of hydrogen-bond acceptors (Lipinski definition) is 3. The van der Waals surface area contributed by atoms with E-state index in [1.807, 2.05) is 34.9 Å². The van der Waals surface area contributed by atoms with Crippen LogP contribution in [-0.4, -0.2) is 54.4 Å². The van der Waals surface area contributed by atoms with Gasteiger partial charge < -0.3 is 14.5 Å². The summed E-state index contributed by atoms with van der Waals surface area (Å²) < 4.78 is 6.24. The fourth-order valence-corrected chi connectivity index (χ4v) is 5.23. The summed E-state index contributed by atoms with van der Waals surface area (Å²) in [6.07, 6.45) is 5.33. The Hall–Kier alpha value is -2.24. The number of halogens is 2. The highest BCUT2D eigenvalue weighted by Crippen LogP contribution is 2.36. The minimum atomic E-state index is -0.442. The molecule has 4 rings (SSSR count). The number of ether oxygens (including phenoxy) is 1. The number of rotatable bonds is 6. The summed E-state index contributed by atoms with van der Waals surface area (Å²) in [5, 5.41) is 1.29. The molecule has 2 aromatic rings. The molecule has 2 saturated heterocycles. The van der Waals surface area contributed by atoms with E-state index in [9.17, 15) is 9.59 Å². The van der Waals surface area contributed by atoms with E-state index < -0.39 is 5.41 Å². The van der Waals surface area contributed by atoms with Crippen LogP contribution in [0, 0.1) is 12.3 Å². The number of amides is 2. The van der Waals surface area contributed by atoms with Gasteiger partial charge in [0.05, 0.1) is 6.61 Å². The Morgan fingerprint density at radius 1 is 0.941 bits per heavy atom. The first-order chi connectivity index (χ1) is 16.3. The van der Waals surface area contributed by atoms with E-state index in [-0.39, 0.29) is 11.8 Å². The highest BCUT2D eigenvalue weighted by Gasteiger charge is 2.41. The number of carbonyl (C=O) groups is 2. The number of hydrogen-bond donors (Lipinski definition) is 0. The lowest BCUT2D eigenvalue weighted by Crippen LogP contribution is -2.51. The Labute approximate surface area is 212 Å². The van der Waals surface area contributed by atoms with Crippen LogP contribution in [0.25, 0.3) is 0 Å². The Bertz CT molecular complexity index is 1020. The Kier molecular flexibility index (Phi) is 8.05. The van der Waals surface area contributed by atoms with Gasteiger partial charge in [0.1, 0.15) is 5.75 Å². The summed E-state index contributed by atoms with van der Waals surface area (Å²) >= 11 is 12.2. The Balaban J connectivity index is 1.53. The SMILES string of the molecule is Cc1cc(OC[C@]2(CC(=O)N3CCCCC3)CCCN(C(=O)c3ccc(Cl)cc3)C2)ccc1Cl. The van der Waals surface area contributed by atoms with Gasteiger partial charge in [0.25, 0.3) is 5.91 Å². The molecule has 0 N–H and O–H groups in total. The number of carbonyl (C=O) groups excluding carboxylic acids is 2. The lowest BCUT2D eigenvalue weighted by atomic mass is 9.77. The topological polar surface area (TPSA) is 49.9 Å². The highest BCUT2D eigenvalue weighted by molar-refractivity contribution is 6.31. The van der Waals surface area contributed by atoms with E-state index in [2.05, 4.69) is 0 Å². The van der Waals surface area contributed by atoms with Crippen LogP contribution in [-0.2, 0) is 4.79 Å². The number of nitrogens with zero attached hydrogens (tertiary/aromatic N) is 2. The van der Waals surface area contributed by atoms with Crippen molar-refractivity contribution in [2.75, 3.05) is 32.8 Å². The van der Waals surface area contributed by atoms with Crippen LogP contribution >= 0.6 is 23.2 Å². The van der Waals surface area contributed by atoms with Gasteiger partial charge in [0.15, 0.2) is 0 Å². The molecule has 182 valence electrons. The van der Waals surface area contributed by atoms with Crippen molar-refractivity contribution < 1.29 is 14.3 Å². The second-order valence-corrected chi connectivity index (χ2v) is 10.5. The van der Waals surface area contributed by atoms with E-state index in [0.717, 1.165) is 50.1 Å². The molecule has 0 bridgehead atoms. The molecule has 0 radical (unpaired) electrons. The normalized spacial score (nSPS) is 20.8. The zero-order chi connectivity index (χ0) is 24.1. The molecule has 0 aromatic heterocycles. The van der Waals surface area contributed by atoms with E-state index >= 15 is 0 Å². The van der Waals surface area contributed by atoms with Gasteiger partial charge in [-0.25, -0.2) is 0 Å². The highest BCUT2D eigenvalue weighted by atomic mass is 35.5. The minimum Gasteiger partial charge on any atom is -0.493 e. The molecule has 1 atom stereocenters. The first-order valence-corrected chi connectivity index (χ1v) is 12.8. The van der Waals surface area contributed by atoms with Crippen LogP contribution in [0.2, 0.25) is 10.0 Å². The largest absolute Gasteiger partial charge is 0.493 e. The van der Waals surface area contributed by atoms with E-state index in [0.29, 0.717) is 41.7 Å². The van der Waals surface area contributed by atoms with Crippen molar-refractivity contribution in [3.63, 3.8) is 0 Å². The van der Waals surface area contributed by atoms with E-state index in [1.165, 1.54) is 6.42 Å². The smallest absolute Gasteiger partial charge is 0.253 e. The van der Waals surface area contributed by atoms with Crippen molar-refractivity contribution >= 4 is 35.0 Å². The molecule has 0 aliphatic carbocycles. The fraction of sp³-hybridized carbons (Fsp3) is 0.481. The second-order valence-electron chi connectivity index (χ2n) is 9.66. The molecular formula is C27H32Cl2N2O3. The summed E-state index contributed by atoms with van der Waals surface area (Å²) in [4.78, 5) is 30.4. The summed E-state index contributed by atoms with van der Waals surface area (Å²) in [7, 11) is 0. The molecule has 0 spiro atoms. The van der Waals surface area contributed by atoms with Gasteiger partial charge in [-0.2, -0.15) is 0 Å². The Morgan fingerprint density at radius 2 is 1.65 bits per heavy atom. The van der Waals surface area contributed by atoms with Gasteiger partial charge in [0.2, 0.25) is 5.91 Å². The zero-order valence-electron chi connectivity index (χ0n) is 19.7. The van der Waals surface area contributed by atoms with Gasteiger partial charge in [-0.3, -0.25) is 9.59 Å². The molecule has 2 aliphatic rings. The standard InChI is InChI=1S/C27H32Cl2N2O3/c1-20-16-23(10-11-24(20)29)34-19-27(17-25(32)30-13-3-2-4-14-30)12-5-15-31(18-27)26(33)21-6-8-22(28)9-7-21/h6-11,16H,2-5,12-15,17-19H2,1H3/t27-/m0/s1. The predicted octanol–water partition coefficient (Wildman–Crippen LogP) is 6.01. The maximum atomic E-state index is 13.3. The van der Waals surface area contributed by atoms with Crippen molar-refractivity contribution in [3.8, 4) is 5.75 Å². The van der Waals surface area contributed by atoms with Crippen LogP contribution in [0.3, 0.4) is 0 Å². The maximum absolute atomic E-state index is 13.3. The molecule has 2 aromatic carbocycles. The summed E-state index contributed by atoms with van der Waals surface area (Å²) in [6, 6.07) is 12.6. The van der Waals surface area contributed by atoms with Crippen molar-refractivity contribution in [2.24, 2.45) is 5.41 Å². The third-order valence-corrected chi connectivity index (χ3v) is 7.63. The zero-order valence-corrected chi connectivity index (χ0v) is 21.2. The monoisotopic (exact) mass is 502 g/mol. The third-order valence-electron chi connectivity index (χ3n) is 6.95. The molecular weight excluding hydrogens is 471 g/mol. The molecule has 2 heterocycles. The summed E-state index contributed by atoms with van der Waals surface area (Å²) in [6.45, 7) is 5.11. The lowest BCUT2D eigenvalue weighted by molar-refractivity contribution is -0.136. The van der Waals surface area contributed by atoms with Crippen LogP contribution in [0.1, 0.15) is 54.4 Å². The van der Waals surface area contributed by atoms with Crippen LogP contribution < -0.4 is 4.74 Å². The number of likely N-dealkylation sites (tertiary alicyclic amines) is 2. The molecule has 2 amide bonds. The van der Waals surface area contributed by atoms with Crippen molar-refractivity contribution in [2.45, 2.75) is 45.4 Å². The molecule has 5 nitrogen and oxygen atoms in total. The number of aryl methyl sites for hydroxylation is 1. The van der Waals surface area contributed by atoms with Gasteiger partial charge in [-0.05, 0) is 87.1 Å². The van der Waals surface area contributed by atoms with E-state index in [4.69, 9.17) is 27.9 Å². The third kappa shape index (κ3) is 6.05. The molecule has 2 fully saturated rings. The summed E-state index contributed by atoms with van der Waals surface area (Å²) in [5.74, 6) is 0.859. The van der Waals surface area contributed by atoms with Gasteiger partial charge in [0, 0.05) is 53.6 Å². The maximum Gasteiger partial charge on any atom is 0.253 e. The number of benzene rings is 2. The van der Waals surface area contributed by atoms with Crippen LogP contribution in [0.15, 0.2) is 42.5 Å².